The quantitative estimate of drug-likeness (QED) is 0.868. The summed E-state index contributed by atoms with van der Waals surface area (Å²) < 4.78 is 5.54. The number of rotatable bonds is 5. The van der Waals surface area contributed by atoms with Crippen LogP contribution in [0.4, 0.5) is 0 Å². The number of nitrogens with zero attached hydrogens (tertiary/aromatic N) is 1. The molecule has 0 radical (unpaired) electrons. The molecule has 0 aromatic carbocycles. The van der Waals surface area contributed by atoms with E-state index in [1.807, 2.05) is 24.0 Å². The van der Waals surface area contributed by atoms with E-state index < -0.39 is 5.60 Å². The highest BCUT2D eigenvalue weighted by Gasteiger charge is 2.30. The number of carbonyl (C=O) groups excluding carboxylic acids is 1. The van der Waals surface area contributed by atoms with Crippen LogP contribution in [0.5, 0.6) is 0 Å². The number of likely N-dealkylation sites (tertiary alicyclic amines) is 1. The predicted octanol–water partition coefficient (Wildman–Crippen LogP) is 2.81. The van der Waals surface area contributed by atoms with Gasteiger partial charge in [-0.1, -0.05) is 20.8 Å². The lowest BCUT2D eigenvalue weighted by Crippen LogP contribution is -2.48. The Morgan fingerprint density at radius 1 is 1.29 bits per heavy atom. The average Bonchev–Trinajstić information content (AvgIpc) is 2.91. The molecule has 1 aliphatic heterocycles. The standard InChI is InChI=1S/C19H32N2O3/c1-14-6-7-16(24-14)19(5,23)13-20-15-8-10-21(11-9-15)17(22)12-18(2,3)4/h6-7,15,20,23H,8-13H2,1-5H3/t19-/m1/s1. The molecule has 2 rings (SSSR count). The molecule has 5 heteroatoms. The fourth-order valence-corrected chi connectivity index (χ4v) is 3.05. The normalized spacial score (nSPS) is 19.3. The second kappa shape index (κ2) is 7.28. The van der Waals surface area contributed by atoms with Gasteiger partial charge in [-0.25, -0.2) is 0 Å². The van der Waals surface area contributed by atoms with E-state index in [9.17, 15) is 9.90 Å². The summed E-state index contributed by atoms with van der Waals surface area (Å²) in [6, 6.07) is 4.01. The lowest BCUT2D eigenvalue weighted by atomic mass is 9.91. The molecule has 0 aliphatic carbocycles. The molecule has 2 N–H and O–H groups in total. The van der Waals surface area contributed by atoms with Gasteiger partial charge in [0.2, 0.25) is 5.91 Å². The van der Waals surface area contributed by atoms with Gasteiger partial charge in [0.1, 0.15) is 17.1 Å². The van der Waals surface area contributed by atoms with Gasteiger partial charge in [-0.2, -0.15) is 0 Å². The van der Waals surface area contributed by atoms with Crippen molar-refractivity contribution in [3.63, 3.8) is 0 Å². The first-order chi connectivity index (χ1) is 11.1. The molecule has 24 heavy (non-hydrogen) atoms. The van der Waals surface area contributed by atoms with E-state index in [2.05, 4.69) is 26.1 Å². The van der Waals surface area contributed by atoms with Crippen molar-refractivity contribution in [2.24, 2.45) is 5.41 Å². The van der Waals surface area contributed by atoms with Crippen molar-refractivity contribution in [1.82, 2.24) is 10.2 Å². The van der Waals surface area contributed by atoms with E-state index >= 15 is 0 Å². The summed E-state index contributed by atoms with van der Waals surface area (Å²) in [4.78, 5) is 14.2. The highest BCUT2D eigenvalue weighted by molar-refractivity contribution is 5.76. The van der Waals surface area contributed by atoms with Gasteiger partial charge in [-0.05, 0) is 44.2 Å². The summed E-state index contributed by atoms with van der Waals surface area (Å²) >= 11 is 0. The maximum absolute atomic E-state index is 12.3. The molecule has 1 fully saturated rings. The molecule has 1 amide bonds. The number of hydrogen-bond acceptors (Lipinski definition) is 4. The van der Waals surface area contributed by atoms with Crippen LogP contribution in [0.25, 0.3) is 0 Å². The molecule has 136 valence electrons. The van der Waals surface area contributed by atoms with Crippen molar-refractivity contribution in [1.29, 1.82) is 0 Å². The summed E-state index contributed by atoms with van der Waals surface area (Å²) in [7, 11) is 0. The molecule has 0 saturated carbocycles. The van der Waals surface area contributed by atoms with Gasteiger partial charge in [0.15, 0.2) is 0 Å². The van der Waals surface area contributed by atoms with E-state index in [0.29, 0.717) is 24.8 Å². The van der Waals surface area contributed by atoms with Gasteiger partial charge < -0.3 is 19.7 Å². The third kappa shape index (κ3) is 5.35. The molecule has 1 atom stereocenters. The van der Waals surface area contributed by atoms with Gasteiger partial charge >= 0.3 is 0 Å². The molecular formula is C19H32N2O3. The molecule has 1 saturated heterocycles. The van der Waals surface area contributed by atoms with Crippen LogP contribution >= 0.6 is 0 Å². The summed E-state index contributed by atoms with van der Waals surface area (Å²) in [5.41, 5.74) is -0.987. The van der Waals surface area contributed by atoms with Gasteiger partial charge in [-0.3, -0.25) is 4.79 Å². The molecule has 0 unspecified atom stereocenters. The Balaban J connectivity index is 1.78. The van der Waals surface area contributed by atoms with Crippen molar-refractivity contribution in [2.75, 3.05) is 19.6 Å². The van der Waals surface area contributed by atoms with Crippen LogP contribution in [0, 0.1) is 12.3 Å². The Morgan fingerprint density at radius 3 is 2.42 bits per heavy atom. The van der Waals surface area contributed by atoms with Crippen LogP contribution in [-0.4, -0.2) is 41.6 Å². The molecule has 1 aliphatic rings. The number of hydrogen-bond donors (Lipinski definition) is 2. The van der Waals surface area contributed by atoms with Crippen molar-refractivity contribution in [2.45, 2.75) is 65.5 Å². The minimum atomic E-state index is -1.02. The molecule has 5 nitrogen and oxygen atoms in total. The zero-order chi connectivity index (χ0) is 18.0. The van der Waals surface area contributed by atoms with E-state index in [1.165, 1.54) is 0 Å². The Morgan fingerprint density at radius 2 is 1.92 bits per heavy atom. The Bertz CT molecular complexity index is 549. The number of piperidine rings is 1. The van der Waals surface area contributed by atoms with Crippen LogP contribution in [0.15, 0.2) is 16.5 Å². The molecule has 1 aromatic heterocycles. The molecule has 1 aromatic rings. The van der Waals surface area contributed by atoms with E-state index in [1.54, 1.807) is 6.92 Å². The number of aliphatic hydroxyl groups is 1. The molecular weight excluding hydrogens is 304 g/mol. The fourth-order valence-electron chi connectivity index (χ4n) is 3.05. The van der Waals surface area contributed by atoms with Crippen LogP contribution in [0.3, 0.4) is 0 Å². The fraction of sp³-hybridized carbons (Fsp3) is 0.737. The second-order valence-electron chi connectivity index (χ2n) is 8.46. The van der Waals surface area contributed by atoms with E-state index in [0.717, 1.165) is 31.7 Å². The van der Waals surface area contributed by atoms with Crippen LogP contribution < -0.4 is 5.32 Å². The number of aryl methyl sites for hydroxylation is 1. The monoisotopic (exact) mass is 336 g/mol. The van der Waals surface area contributed by atoms with E-state index in [-0.39, 0.29) is 11.3 Å². The summed E-state index contributed by atoms with van der Waals surface area (Å²) in [6.07, 6.45) is 2.43. The number of carbonyl (C=O) groups is 1. The topological polar surface area (TPSA) is 65.7 Å². The Hall–Kier alpha value is -1.33. The minimum Gasteiger partial charge on any atom is -0.463 e. The summed E-state index contributed by atoms with van der Waals surface area (Å²) in [6.45, 7) is 11.9. The largest absolute Gasteiger partial charge is 0.463 e. The third-order valence-electron chi connectivity index (χ3n) is 4.54. The zero-order valence-corrected chi connectivity index (χ0v) is 15.7. The van der Waals surface area contributed by atoms with Gasteiger partial charge in [0.05, 0.1) is 0 Å². The minimum absolute atomic E-state index is 0.0338. The highest BCUT2D eigenvalue weighted by Crippen LogP contribution is 2.24. The first-order valence-corrected chi connectivity index (χ1v) is 8.87. The second-order valence-corrected chi connectivity index (χ2v) is 8.46. The SMILES string of the molecule is Cc1ccc([C@](C)(O)CNC2CCN(C(=O)CC(C)(C)C)CC2)o1. The number of nitrogens with one attached hydrogen (secondary N) is 1. The van der Waals surface area contributed by atoms with Crippen LogP contribution in [0.1, 0.15) is 58.5 Å². The van der Waals surface area contributed by atoms with Crippen molar-refractivity contribution < 1.29 is 14.3 Å². The lowest BCUT2D eigenvalue weighted by molar-refractivity contribution is -0.134. The summed E-state index contributed by atoms with van der Waals surface area (Å²) in [5.74, 6) is 1.64. The number of amides is 1. The smallest absolute Gasteiger partial charge is 0.223 e. The van der Waals surface area contributed by atoms with Crippen molar-refractivity contribution in [3.05, 3.63) is 23.7 Å². The highest BCUT2D eigenvalue weighted by atomic mass is 16.4. The zero-order valence-electron chi connectivity index (χ0n) is 15.7. The van der Waals surface area contributed by atoms with Crippen molar-refractivity contribution >= 4 is 5.91 Å². The Kier molecular flexibility index (Phi) is 5.76. The van der Waals surface area contributed by atoms with Gasteiger partial charge in [0, 0.05) is 32.1 Å². The van der Waals surface area contributed by atoms with Gasteiger partial charge in [0.25, 0.3) is 0 Å². The van der Waals surface area contributed by atoms with E-state index in [4.69, 9.17) is 4.42 Å². The first-order valence-electron chi connectivity index (χ1n) is 8.87. The maximum Gasteiger partial charge on any atom is 0.223 e. The van der Waals surface area contributed by atoms with Crippen molar-refractivity contribution in [3.8, 4) is 0 Å². The summed E-state index contributed by atoms with van der Waals surface area (Å²) in [5, 5.41) is 14.0. The predicted molar refractivity (Wildman–Crippen MR) is 94.7 cm³/mol. The van der Waals surface area contributed by atoms with Gasteiger partial charge in [-0.15, -0.1) is 0 Å². The van der Waals surface area contributed by atoms with Crippen LogP contribution in [-0.2, 0) is 10.4 Å². The Labute approximate surface area is 145 Å². The molecule has 0 spiro atoms. The lowest BCUT2D eigenvalue weighted by Gasteiger charge is -2.35. The number of furan rings is 1. The molecule has 0 bridgehead atoms. The molecule has 2 heterocycles. The third-order valence-corrected chi connectivity index (χ3v) is 4.54. The first kappa shape index (κ1) is 19.0. The average molecular weight is 336 g/mol. The maximum atomic E-state index is 12.3. The van der Waals surface area contributed by atoms with Crippen LogP contribution in [0.2, 0.25) is 0 Å².